The lowest BCUT2D eigenvalue weighted by atomic mass is 10.1. The van der Waals surface area contributed by atoms with Crippen LogP contribution in [0.25, 0.3) is 0 Å². The number of nitrogens with zero attached hydrogens (tertiary/aromatic N) is 1. The highest BCUT2D eigenvalue weighted by molar-refractivity contribution is 9.10. The third kappa shape index (κ3) is 3.49. The number of benzene rings is 2. The van der Waals surface area contributed by atoms with Crippen LogP contribution in [0.3, 0.4) is 0 Å². The van der Waals surface area contributed by atoms with Crippen molar-refractivity contribution in [3.8, 4) is 0 Å². The molecule has 0 bridgehead atoms. The molecule has 0 heterocycles. The van der Waals surface area contributed by atoms with Gasteiger partial charge in [0.25, 0.3) is 5.69 Å². The van der Waals surface area contributed by atoms with Crippen LogP contribution in [-0.2, 0) is 0 Å². The largest absolute Gasteiger partial charge is 0.377 e. The highest BCUT2D eigenvalue weighted by Crippen LogP contribution is 2.30. The minimum absolute atomic E-state index is 0.0179. The zero-order valence-corrected chi connectivity index (χ0v) is 13.0. The van der Waals surface area contributed by atoms with E-state index in [2.05, 4.69) is 21.2 Å². The molecule has 104 valence electrons. The summed E-state index contributed by atoms with van der Waals surface area (Å²) < 4.78 is 0.999. The van der Waals surface area contributed by atoms with Crippen molar-refractivity contribution in [1.29, 1.82) is 0 Å². The van der Waals surface area contributed by atoms with Crippen molar-refractivity contribution in [3.63, 3.8) is 0 Å². The minimum Gasteiger partial charge on any atom is -0.377 e. The number of halogens is 2. The second-order valence-electron chi connectivity index (χ2n) is 4.34. The van der Waals surface area contributed by atoms with Gasteiger partial charge in [-0.25, -0.2) is 0 Å². The van der Waals surface area contributed by atoms with Gasteiger partial charge in [0.15, 0.2) is 0 Å². The molecule has 0 spiro atoms. The Morgan fingerprint density at radius 2 is 2.05 bits per heavy atom. The van der Waals surface area contributed by atoms with E-state index < -0.39 is 4.92 Å². The average molecular weight is 356 g/mol. The molecule has 1 N–H and O–H groups in total. The van der Waals surface area contributed by atoms with Gasteiger partial charge in [0.1, 0.15) is 0 Å². The van der Waals surface area contributed by atoms with Crippen molar-refractivity contribution in [1.82, 2.24) is 0 Å². The van der Waals surface area contributed by atoms with E-state index in [4.69, 9.17) is 11.6 Å². The van der Waals surface area contributed by atoms with Crippen molar-refractivity contribution in [3.05, 3.63) is 67.6 Å². The molecule has 0 amide bonds. The summed E-state index contributed by atoms with van der Waals surface area (Å²) in [5, 5.41) is 14.2. The summed E-state index contributed by atoms with van der Waals surface area (Å²) in [5.74, 6) is 0. The molecule has 0 saturated heterocycles. The first kappa shape index (κ1) is 14.8. The first-order chi connectivity index (χ1) is 9.47. The molecule has 6 heteroatoms. The summed E-state index contributed by atoms with van der Waals surface area (Å²) in [5.41, 5.74) is 1.74. The van der Waals surface area contributed by atoms with Crippen LogP contribution >= 0.6 is 27.5 Å². The maximum Gasteiger partial charge on any atom is 0.271 e. The van der Waals surface area contributed by atoms with Crippen LogP contribution in [0.15, 0.2) is 46.9 Å². The number of hydrogen-bond donors (Lipinski definition) is 1. The van der Waals surface area contributed by atoms with Crippen LogP contribution in [0, 0.1) is 10.1 Å². The monoisotopic (exact) mass is 354 g/mol. The third-order valence-electron chi connectivity index (χ3n) is 2.88. The van der Waals surface area contributed by atoms with Crippen LogP contribution in [-0.4, -0.2) is 4.92 Å². The fourth-order valence-electron chi connectivity index (χ4n) is 1.83. The van der Waals surface area contributed by atoms with E-state index in [1.165, 1.54) is 12.1 Å². The minimum atomic E-state index is -0.465. The number of nitrogens with one attached hydrogen (secondary N) is 1. The Kier molecular flexibility index (Phi) is 4.62. The SMILES string of the molecule is CC(Nc1ccc([N+](=O)[O-])cc1Cl)c1cccc(Br)c1. The molecule has 0 aromatic heterocycles. The summed E-state index contributed by atoms with van der Waals surface area (Å²) in [7, 11) is 0. The lowest BCUT2D eigenvalue weighted by Gasteiger charge is -2.17. The van der Waals surface area contributed by atoms with E-state index in [-0.39, 0.29) is 11.7 Å². The van der Waals surface area contributed by atoms with Gasteiger partial charge >= 0.3 is 0 Å². The molecule has 20 heavy (non-hydrogen) atoms. The molecule has 0 aliphatic heterocycles. The molecule has 0 fully saturated rings. The van der Waals surface area contributed by atoms with E-state index in [1.807, 2.05) is 31.2 Å². The van der Waals surface area contributed by atoms with Crippen LogP contribution in [0.5, 0.6) is 0 Å². The quantitative estimate of drug-likeness (QED) is 0.607. The van der Waals surface area contributed by atoms with E-state index in [0.717, 1.165) is 10.0 Å². The molecular weight excluding hydrogens is 344 g/mol. The van der Waals surface area contributed by atoms with Crippen LogP contribution in [0.2, 0.25) is 5.02 Å². The van der Waals surface area contributed by atoms with E-state index in [0.29, 0.717) is 10.7 Å². The summed E-state index contributed by atoms with van der Waals surface area (Å²) in [4.78, 5) is 10.2. The summed E-state index contributed by atoms with van der Waals surface area (Å²) in [6.07, 6.45) is 0. The molecule has 2 aromatic rings. The lowest BCUT2D eigenvalue weighted by Crippen LogP contribution is -2.07. The number of hydrogen-bond acceptors (Lipinski definition) is 3. The summed E-state index contributed by atoms with van der Waals surface area (Å²) in [6, 6.07) is 12.4. The van der Waals surface area contributed by atoms with Gasteiger partial charge in [-0.15, -0.1) is 0 Å². The van der Waals surface area contributed by atoms with E-state index in [9.17, 15) is 10.1 Å². The van der Waals surface area contributed by atoms with Crippen LogP contribution < -0.4 is 5.32 Å². The molecule has 0 radical (unpaired) electrons. The smallest absolute Gasteiger partial charge is 0.271 e. The Bertz CT molecular complexity index is 649. The van der Waals surface area contributed by atoms with Gasteiger partial charge in [-0.05, 0) is 30.7 Å². The maximum absolute atomic E-state index is 10.7. The third-order valence-corrected chi connectivity index (χ3v) is 3.69. The van der Waals surface area contributed by atoms with Crippen molar-refractivity contribution in [2.24, 2.45) is 0 Å². The second kappa shape index (κ2) is 6.24. The predicted octanol–water partition coefficient (Wildman–Crippen LogP) is 5.18. The van der Waals surface area contributed by atoms with Gasteiger partial charge < -0.3 is 5.32 Å². The molecule has 1 atom stereocenters. The molecule has 2 rings (SSSR count). The molecule has 1 unspecified atom stereocenters. The van der Waals surface area contributed by atoms with E-state index >= 15 is 0 Å². The first-order valence-electron chi connectivity index (χ1n) is 5.93. The Morgan fingerprint density at radius 3 is 2.65 bits per heavy atom. The number of nitro groups is 1. The molecule has 2 aromatic carbocycles. The molecule has 0 aliphatic rings. The molecule has 0 saturated carbocycles. The predicted molar refractivity (Wildman–Crippen MR) is 84.3 cm³/mol. The van der Waals surface area contributed by atoms with E-state index in [1.54, 1.807) is 6.07 Å². The zero-order chi connectivity index (χ0) is 14.7. The number of rotatable bonds is 4. The number of nitro benzene ring substituents is 1. The number of anilines is 1. The number of non-ortho nitro benzene ring substituents is 1. The van der Waals surface area contributed by atoms with Crippen molar-refractivity contribution < 1.29 is 4.92 Å². The van der Waals surface area contributed by atoms with Gasteiger partial charge in [-0.2, -0.15) is 0 Å². The lowest BCUT2D eigenvalue weighted by molar-refractivity contribution is -0.384. The molecule has 0 aliphatic carbocycles. The highest BCUT2D eigenvalue weighted by atomic mass is 79.9. The molecule has 4 nitrogen and oxygen atoms in total. The van der Waals surface area contributed by atoms with Gasteiger partial charge in [0, 0.05) is 22.6 Å². The van der Waals surface area contributed by atoms with Gasteiger partial charge in [0.05, 0.1) is 15.6 Å². The van der Waals surface area contributed by atoms with Crippen molar-refractivity contribution >= 4 is 38.9 Å². The first-order valence-corrected chi connectivity index (χ1v) is 7.10. The Labute approximate surface area is 130 Å². The van der Waals surface area contributed by atoms with Crippen molar-refractivity contribution in [2.75, 3.05) is 5.32 Å². The fourth-order valence-corrected chi connectivity index (χ4v) is 2.47. The van der Waals surface area contributed by atoms with Gasteiger partial charge in [-0.1, -0.05) is 39.7 Å². The normalized spacial score (nSPS) is 11.9. The summed E-state index contributed by atoms with van der Waals surface area (Å²) in [6.45, 7) is 2.00. The molecular formula is C14H12BrClN2O2. The zero-order valence-electron chi connectivity index (χ0n) is 10.6. The fraction of sp³-hybridized carbons (Fsp3) is 0.143. The Hall–Kier alpha value is -1.59. The standard InChI is InChI=1S/C14H12BrClN2O2/c1-9(10-3-2-4-11(15)7-10)17-14-6-5-12(18(19)20)8-13(14)16/h2-9,17H,1H3. The topological polar surface area (TPSA) is 55.2 Å². The Balaban J connectivity index is 2.19. The second-order valence-corrected chi connectivity index (χ2v) is 5.67. The van der Waals surface area contributed by atoms with Gasteiger partial charge in [0.2, 0.25) is 0 Å². The average Bonchev–Trinajstić information content (AvgIpc) is 2.40. The van der Waals surface area contributed by atoms with Crippen LogP contribution in [0.1, 0.15) is 18.5 Å². The Morgan fingerprint density at radius 1 is 1.30 bits per heavy atom. The van der Waals surface area contributed by atoms with Crippen LogP contribution in [0.4, 0.5) is 11.4 Å². The summed E-state index contributed by atoms with van der Waals surface area (Å²) >= 11 is 9.49. The van der Waals surface area contributed by atoms with Crippen molar-refractivity contribution in [2.45, 2.75) is 13.0 Å². The maximum atomic E-state index is 10.7. The van der Waals surface area contributed by atoms with Gasteiger partial charge in [-0.3, -0.25) is 10.1 Å². The highest BCUT2D eigenvalue weighted by Gasteiger charge is 2.12.